The number of aromatic amines is 1. The van der Waals surface area contributed by atoms with Crippen molar-refractivity contribution in [1.29, 1.82) is 0 Å². The van der Waals surface area contributed by atoms with Crippen LogP contribution in [0, 0.1) is 0 Å². The zero-order valence-electron chi connectivity index (χ0n) is 6.46. The predicted octanol–water partition coefficient (Wildman–Crippen LogP) is -0.504. The molecule has 3 aliphatic rings. The van der Waals surface area contributed by atoms with Crippen molar-refractivity contribution in [1.82, 2.24) is 10.1 Å². The minimum Gasteiger partial charge on any atom is -0.325 e. The van der Waals surface area contributed by atoms with Gasteiger partial charge in [0.25, 0.3) is 0 Å². The van der Waals surface area contributed by atoms with Crippen molar-refractivity contribution in [3.63, 3.8) is 0 Å². The molecule has 0 aliphatic heterocycles. The van der Waals surface area contributed by atoms with Crippen LogP contribution in [0.3, 0.4) is 0 Å². The monoisotopic (exact) mass is 167 g/mol. The smallest absolute Gasteiger partial charge is 0.325 e. The van der Waals surface area contributed by atoms with Crippen molar-refractivity contribution in [2.75, 3.05) is 0 Å². The summed E-state index contributed by atoms with van der Waals surface area (Å²) in [5, 5.41) is 3.68. The summed E-state index contributed by atoms with van der Waals surface area (Å²) in [5.74, 6) is 0.209. The van der Waals surface area contributed by atoms with E-state index in [4.69, 9.17) is 5.73 Å². The molecule has 1 heterocycles. The molecule has 0 saturated heterocycles. The molecule has 3 N–H and O–H groups in total. The highest BCUT2D eigenvalue weighted by Crippen LogP contribution is 2.65. The number of nitrogens with one attached hydrogen (secondary N) is 1. The van der Waals surface area contributed by atoms with Crippen molar-refractivity contribution < 1.29 is 4.52 Å². The molecule has 0 radical (unpaired) electrons. The van der Waals surface area contributed by atoms with Gasteiger partial charge in [-0.15, -0.1) is 0 Å². The van der Waals surface area contributed by atoms with Crippen LogP contribution in [-0.2, 0) is 5.41 Å². The molecule has 3 saturated carbocycles. The molecule has 2 bridgehead atoms. The van der Waals surface area contributed by atoms with Gasteiger partial charge in [0.15, 0.2) is 5.82 Å². The second kappa shape index (κ2) is 1.50. The lowest BCUT2D eigenvalue weighted by Gasteiger charge is -2.67. The van der Waals surface area contributed by atoms with Crippen LogP contribution in [0.15, 0.2) is 9.32 Å². The normalized spacial score (nSPS) is 43.4. The highest BCUT2D eigenvalue weighted by molar-refractivity contribution is 5.33. The Kier molecular flexibility index (Phi) is 0.800. The molecule has 0 spiro atoms. The third-order valence-electron chi connectivity index (χ3n) is 3.01. The summed E-state index contributed by atoms with van der Waals surface area (Å²) in [6.45, 7) is 0. The predicted molar refractivity (Wildman–Crippen MR) is 39.6 cm³/mol. The van der Waals surface area contributed by atoms with E-state index in [-0.39, 0.29) is 11.0 Å². The summed E-state index contributed by atoms with van der Waals surface area (Å²) >= 11 is 0. The lowest BCUT2D eigenvalue weighted by atomic mass is 9.39. The Hall–Kier alpha value is -1.10. The van der Waals surface area contributed by atoms with Gasteiger partial charge in [0.1, 0.15) is 0 Å². The minimum atomic E-state index is -0.471. The molecule has 12 heavy (non-hydrogen) atoms. The average molecular weight is 167 g/mol. The number of aromatic nitrogens is 2. The summed E-state index contributed by atoms with van der Waals surface area (Å²) in [4.78, 5) is 13.2. The lowest BCUT2D eigenvalue weighted by molar-refractivity contribution is -0.0664. The van der Waals surface area contributed by atoms with Crippen LogP contribution >= 0.6 is 0 Å². The Morgan fingerprint density at radius 3 is 2.58 bits per heavy atom. The fraction of sp³-hybridized carbons (Fsp3) is 0.714. The summed E-state index contributed by atoms with van der Waals surface area (Å²) in [7, 11) is 0. The molecule has 0 atom stereocenters. The molecule has 64 valence electrons. The SMILES string of the molecule is NC12CC(c3noc(=O)[nH]3)(C1)C2. The molecule has 4 rings (SSSR count). The van der Waals surface area contributed by atoms with E-state index in [9.17, 15) is 4.79 Å². The van der Waals surface area contributed by atoms with Crippen LogP contribution in [0.1, 0.15) is 25.1 Å². The summed E-state index contributed by atoms with van der Waals surface area (Å²) in [6, 6.07) is 0. The number of H-pyrrole nitrogens is 1. The van der Waals surface area contributed by atoms with Crippen molar-refractivity contribution in [3.8, 4) is 0 Å². The quantitative estimate of drug-likeness (QED) is 0.590. The fourth-order valence-corrected chi connectivity index (χ4v) is 2.58. The third kappa shape index (κ3) is 0.546. The van der Waals surface area contributed by atoms with Crippen LogP contribution in [0.2, 0.25) is 0 Å². The maximum Gasteiger partial charge on any atom is 0.438 e. The minimum absolute atomic E-state index is 0.0375. The standard InChI is InChI=1S/C7H9N3O2/c8-7-1-6(2-7,3-7)4-9-5(11)12-10-4/h1-3,8H2,(H,9,10,11). The van der Waals surface area contributed by atoms with E-state index in [0.717, 1.165) is 19.3 Å². The van der Waals surface area contributed by atoms with Crippen LogP contribution in [0.25, 0.3) is 0 Å². The largest absolute Gasteiger partial charge is 0.438 e. The van der Waals surface area contributed by atoms with Crippen molar-refractivity contribution in [2.45, 2.75) is 30.2 Å². The van der Waals surface area contributed by atoms with Gasteiger partial charge in [-0.25, -0.2) is 4.79 Å². The first-order valence-electron chi connectivity index (χ1n) is 3.97. The molecule has 5 heteroatoms. The molecule has 0 aromatic carbocycles. The van der Waals surface area contributed by atoms with Crippen LogP contribution in [-0.4, -0.2) is 15.7 Å². The van der Waals surface area contributed by atoms with Crippen LogP contribution in [0.5, 0.6) is 0 Å². The van der Waals surface area contributed by atoms with Crippen LogP contribution < -0.4 is 11.5 Å². The van der Waals surface area contributed by atoms with E-state index < -0.39 is 5.76 Å². The second-order valence-electron chi connectivity index (χ2n) is 4.12. The van der Waals surface area contributed by atoms with Gasteiger partial charge in [0, 0.05) is 11.0 Å². The zero-order valence-corrected chi connectivity index (χ0v) is 6.46. The first-order chi connectivity index (χ1) is 5.62. The van der Waals surface area contributed by atoms with Crippen molar-refractivity contribution in [2.24, 2.45) is 5.73 Å². The van der Waals surface area contributed by atoms with E-state index in [0.29, 0.717) is 5.82 Å². The van der Waals surface area contributed by atoms with E-state index in [1.165, 1.54) is 0 Å². The molecular weight excluding hydrogens is 158 g/mol. The van der Waals surface area contributed by atoms with Gasteiger partial charge in [-0.05, 0) is 19.3 Å². The lowest BCUT2D eigenvalue weighted by Crippen LogP contribution is -2.74. The van der Waals surface area contributed by atoms with Crippen molar-refractivity contribution >= 4 is 0 Å². The first kappa shape index (κ1) is 6.42. The zero-order chi connectivity index (χ0) is 8.40. The molecule has 0 amide bonds. The Morgan fingerprint density at radius 1 is 1.50 bits per heavy atom. The molecule has 5 nitrogen and oxygen atoms in total. The van der Waals surface area contributed by atoms with Gasteiger partial charge in [0.05, 0.1) is 0 Å². The average Bonchev–Trinajstić information content (AvgIpc) is 2.26. The molecule has 1 aromatic heterocycles. The van der Waals surface area contributed by atoms with E-state index in [2.05, 4.69) is 14.7 Å². The maximum absolute atomic E-state index is 10.7. The molecule has 0 unspecified atom stereocenters. The van der Waals surface area contributed by atoms with Crippen LogP contribution in [0.4, 0.5) is 0 Å². The number of nitrogens with zero attached hydrogens (tertiary/aromatic N) is 1. The first-order valence-corrected chi connectivity index (χ1v) is 3.97. The maximum atomic E-state index is 10.7. The van der Waals surface area contributed by atoms with Crippen molar-refractivity contribution in [3.05, 3.63) is 16.4 Å². The molecule has 3 fully saturated rings. The number of rotatable bonds is 1. The Bertz CT molecular complexity index is 372. The summed E-state index contributed by atoms with van der Waals surface area (Å²) in [6.07, 6.45) is 2.80. The summed E-state index contributed by atoms with van der Waals surface area (Å²) < 4.78 is 4.44. The Morgan fingerprint density at radius 2 is 2.17 bits per heavy atom. The second-order valence-corrected chi connectivity index (χ2v) is 4.12. The highest BCUT2D eigenvalue weighted by atomic mass is 16.5. The fourth-order valence-electron chi connectivity index (χ4n) is 2.58. The Labute approximate surface area is 67.9 Å². The van der Waals surface area contributed by atoms with Gasteiger partial charge < -0.3 is 5.73 Å². The third-order valence-corrected chi connectivity index (χ3v) is 3.01. The molecule has 3 aliphatic carbocycles. The van der Waals surface area contributed by atoms with E-state index in [1.54, 1.807) is 0 Å². The molecular formula is C7H9N3O2. The molecule has 1 aromatic rings. The van der Waals surface area contributed by atoms with Gasteiger partial charge in [-0.3, -0.25) is 9.51 Å². The van der Waals surface area contributed by atoms with Gasteiger partial charge in [-0.1, -0.05) is 5.16 Å². The number of hydrogen-bond donors (Lipinski definition) is 2. The highest BCUT2D eigenvalue weighted by Gasteiger charge is 2.68. The van der Waals surface area contributed by atoms with E-state index >= 15 is 0 Å². The van der Waals surface area contributed by atoms with Gasteiger partial charge in [0.2, 0.25) is 0 Å². The summed E-state index contributed by atoms with van der Waals surface area (Å²) in [5.41, 5.74) is 5.96. The number of hydrogen-bond acceptors (Lipinski definition) is 4. The van der Waals surface area contributed by atoms with Gasteiger partial charge >= 0.3 is 5.76 Å². The van der Waals surface area contributed by atoms with Gasteiger partial charge in [-0.2, -0.15) is 0 Å². The number of nitrogens with two attached hydrogens (primary N) is 1. The topological polar surface area (TPSA) is 84.9 Å². The Balaban J connectivity index is 1.97. The van der Waals surface area contributed by atoms with E-state index in [1.807, 2.05) is 0 Å².